The zero-order chi connectivity index (χ0) is 21.8. The van der Waals surface area contributed by atoms with Crippen LogP contribution in [0.2, 0.25) is 0 Å². The zero-order valence-electron chi connectivity index (χ0n) is 17.0. The second-order valence-electron chi connectivity index (χ2n) is 8.44. The van der Waals surface area contributed by atoms with Crippen LogP contribution in [0.15, 0.2) is 35.7 Å². The number of rotatable bonds is 4. The fraction of sp³-hybridized carbons (Fsp3) is 0.632. The van der Waals surface area contributed by atoms with Crippen LogP contribution in [-0.4, -0.2) is 69.8 Å². The number of carbonyl (C=O) groups excluding carboxylic acids is 1. The number of fused-ring (bicyclic) bond motifs is 3. The van der Waals surface area contributed by atoms with E-state index in [-0.39, 0.29) is 17.8 Å². The van der Waals surface area contributed by atoms with E-state index in [0.29, 0.717) is 0 Å². The van der Waals surface area contributed by atoms with Crippen molar-refractivity contribution in [1.29, 1.82) is 0 Å². The van der Waals surface area contributed by atoms with Gasteiger partial charge in [0.05, 0.1) is 11.5 Å². The number of nitro groups is 1. The van der Waals surface area contributed by atoms with E-state index in [9.17, 15) is 20.1 Å². The molecule has 0 spiro atoms. The highest BCUT2D eigenvalue weighted by atomic mass is 16.9. The molecule has 0 amide bonds. The van der Waals surface area contributed by atoms with E-state index in [1.54, 1.807) is 27.7 Å². The summed E-state index contributed by atoms with van der Waals surface area (Å²) in [6.07, 6.45) is 1.49. The summed E-state index contributed by atoms with van der Waals surface area (Å²) in [4.78, 5) is 22.3. The molecule has 30 heavy (non-hydrogen) atoms. The van der Waals surface area contributed by atoms with Gasteiger partial charge in [-0.25, -0.2) is 0 Å². The summed E-state index contributed by atoms with van der Waals surface area (Å²) in [6, 6.07) is 0. The van der Waals surface area contributed by atoms with Gasteiger partial charge in [-0.2, -0.15) is 0 Å². The van der Waals surface area contributed by atoms with Gasteiger partial charge in [0.2, 0.25) is 0 Å². The summed E-state index contributed by atoms with van der Waals surface area (Å²) >= 11 is 0. The standard InChI is InChI=1S/C19H24N2O9/c1-18(2)27-14-13(26-17-16(15(14)28-18)29-19(3,4)30-17)9-20(23)8-10-7-11(21(24)25)5-6-12(10)22/h5-8,13-17,23H,9H2,1-4H3/b10-8-/t13-,14+,15+,16-,17-/m1/s1. The van der Waals surface area contributed by atoms with Gasteiger partial charge in [0.15, 0.2) is 23.6 Å². The molecule has 164 valence electrons. The average molecular weight is 424 g/mol. The molecule has 4 rings (SSSR count). The van der Waals surface area contributed by atoms with Gasteiger partial charge in [-0.15, -0.1) is 0 Å². The van der Waals surface area contributed by atoms with Gasteiger partial charge in [0.25, 0.3) is 5.70 Å². The summed E-state index contributed by atoms with van der Waals surface area (Å²) in [5.74, 6) is -2.21. The Morgan fingerprint density at radius 1 is 1.10 bits per heavy atom. The van der Waals surface area contributed by atoms with Crippen LogP contribution in [-0.2, 0) is 28.5 Å². The van der Waals surface area contributed by atoms with E-state index in [1.165, 1.54) is 0 Å². The summed E-state index contributed by atoms with van der Waals surface area (Å²) in [7, 11) is 0. The average Bonchev–Trinajstić information content (AvgIpc) is 3.11. The highest BCUT2D eigenvalue weighted by Gasteiger charge is 2.60. The van der Waals surface area contributed by atoms with Crippen LogP contribution in [0.25, 0.3) is 0 Å². The van der Waals surface area contributed by atoms with Gasteiger partial charge < -0.3 is 23.7 Å². The molecule has 0 aromatic carbocycles. The van der Waals surface area contributed by atoms with Crippen molar-refractivity contribution in [2.45, 2.75) is 70.0 Å². The van der Waals surface area contributed by atoms with Gasteiger partial charge in [-0.05, 0) is 33.8 Å². The number of nitrogens with zero attached hydrogens (tertiary/aromatic N) is 2. The molecule has 11 heteroatoms. The Bertz CT molecular complexity index is 847. The topological polar surface area (TPSA) is 130 Å². The van der Waals surface area contributed by atoms with E-state index in [4.69, 9.17) is 23.7 Å². The lowest BCUT2D eigenvalue weighted by atomic mass is 9.99. The summed E-state index contributed by atoms with van der Waals surface area (Å²) in [5.41, 5.74) is -0.276. The van der Waals surface area contributed by atoms with Crippen LogP contribution in [0.1, 0.15) is 27.7 Å². The lowest BCUT2D eigenvalue weighted by molar-refractivity contribution is -0.419. The molecule has 1 N–H and O–H groups in total. The molecule has 0 radical (unpaired) electrons. The van der Waals surface area contributed by atoms with Crippen LogP contribution in [0, 0.1) is 10.1 Å². The first-order valence-electron chi connectivity index (χ1n) is 9.57. The van der Waals surface area contributed by atoms with E-state index in [1.807, 2.05) is 0 Å². The predicted octanol–water partition coefficient (Wildman–Crippen LogP) is 1.26. The van der Waals surface area contributed by atoms with Gasteiger partial charge >= 0.3 is 0 Å². The monoisotopic (exact) mass is 424 g/mol. The maximum Gasteiger partial charge on any atom is 0.270 e. The minimum atomic E-state index is -0.881. The predicted molar refractivity (Wildman–Crippen MR) is 98.3 cm³/mol. The van der Waals surface area contributed by atoms with Crippen molar-refractivity contribution in [3.05, 3.63) is 45.8 Å². The SMILES string of the molecule is CC1(C)O[C@H]2[C@@H](O1)[C@@H](CN(O)/C=C1/C=C([N+](=O)[O-])C=CC1=O)O[C@@H]1OC(C)(C)O[C@@H]12. The van der Waals surface area contributed by atoms with Crippen molar-refractivity contribution in [1.82, 2.24) is 5.06 Å². The molecule has 1 aliphatic carbocycles. The molecule has 11 nitrogen and oxygen atoms in total. The maximum absolute atomic E-state index is 12.0. The Morgan fingerprint density at radius 3 is 2.43 bits per heavy atom. The van der Waals surface area contributed by atoms with Crippen molar-refractivity contribution >= 4 is 5.78 Å². The third-order valence-corrected chi connectivity index (χ3v) is 5.11. The highest BCUT2D eigenvalue weighted by molar-refractivity contribution is 6.07. The van der Waals surface area contributed by atoms with Crippen LogP contribution in [0.4, 0.5) is 0 Å². The minimum Gasteiger partial charge on any atom is -0.342 e. The molecular weight excluding hydrogens is 400 g/mol. The second-order valence-corrected chi connectivity index (χ2v) is 8.44. The van der Waals surface area contributed by atoms with Crippen LogP contribution in [0.5, 0.6) is 0 Å². The number of hydrogen-bond acceptors (Lipinski definition) is 10. The Balaban J connectivity index is 1.53. The van der Waals surface area contributed by atoms with Gasteiger partial charge in [-0.1, -0.05) is 0 Å². The number of hydrogen-bond donors (Lipinski definition) is 1. The molecular formula is C19H24N2O9. The number of ketones is 1. The number of allylic oxidation sites excluding steroid dienone is 4. The molecule has 3 aliphatic heterocycles. The van der Waals surface area contributed by atoms with Gasteiger partial charge in [-0.3, -0.25) is 25.2 Å². The fourth-order valence-electron chi connectivity index (χ4n) is 3.99. The van der Waals surface area contributed by atoms with E-state index >= 15 is 0 Å². The maximum atomic E-state index is 12.0. The number of ether oxygens (including phenoxy) is 5. The Kier molecular flexibility index (Phi) is 5.08. The first kappa shape index (κ1) is 21.1. The van der Waals surface area contributed by atoms with E-state index in [2.05, 4.69) is 0 Å². The minimum absolute atomic E-state index is 0.0255. The fourth-order valence-corrected chi connectivity index (χ4v) is 3.99. The Hall–Kier alpha value is -2.15. The lowest BCUT2D eigenvalue weighted by Gasteiger charge is -2.38. The summed E-state index contributed by atoms with van der Waals surface area (Å²) in [5, 5.41) is 22.1. The van der Waals surface area contributed by atoms with Gasteiger partial charge in [0.1, 0.15) is 24.4 Å². The van der Waals surface area contributed by atoms with E-state index in [0.717, 1.165) is 29.5 Å². The largest absolute Gasteiger partial charge is 0.342 e. The zero-order valence-corrected chi connectivity index (χ0v) is 17.0. The van der Waals surface area contributed by atoms with Crippen LogP contribution < -0.4 is 0 Å². The molecule has 3 fully saturated rings. The molecule has 0 unspecified atom stereocenters. The van der Waals surface area contributed by atoms with Gasteiger partial charge in [0, 0.05) is 23.9 Å². The summed E-state index contributed by atoms with van der Waals surface area (Å²) < 4.78 is 29.7. The van der Waals surface area contributed by atoms with Crippen molar-refractivity contribution in [3.8, 4) is 0 Å². The number of hydroxylamine groups is 2. The van der Waals surface area contributed by atoms with Crippen molar-refractivity contribution in [2.75, 3.05) is 6.54 Å². The quantitative estimate of drug-likeness (QED) is 0.400. The smallest absolute Gasteiger partial charge is 0.270 e. The second kappa shape index (κ2) is 7.22. The molecule has 5 atom stereocenters. The first-order valence-corrected chi connectivity index (χ1v) is 9.57. The molecule has 0 aromatic heterocycles. The third kappa shape index (κ3) is 4.04. The van der Waals surface area contributed by atoms with Crippen molar-refractivity contribution in [2.24, 2.45) is 0 Å². The Labute approximate surface area is 172 Å². The first-order chi connectivity index (χ1) is 13.9. The lowest BCUT2D eigenvalue weighted by Crippen LogP contribution is -2.57. The molecule has 3 saturated heterocycles. The third-order valence-electron chi connectivity index (χ3n) is 5.11. The van der Waals surface area contributed by atoms with Crippen molar-refractivity contribution in [3.63, 3.8) is 0 Å². The van der Waals surface area contributed by atoms with Crippen LogP contribution in [0.3, 0.4) is 0 Å². The van der Waals surface area contributed by atoms with E-state index < -0.39 is 53.0 Å². The molecule has 4 aliphatic rings. The van der Waals surface area contributed by atoms with Crippen LogP contribution >= 0.6 is 0 Å². The van der Waals surface area contributed by atoms with Crippen molar-refractivity contribution < 1.29 is 38.6 Å². The molecule has 3 heterocycles. The molecule has 0 saturated carbocycles. The highest BCUT2D eigenvalue weighted by Crippen LogP contribution is 2.44. The summed E-state index contributed by atoms with van der Waals surface area (Å²) in [6.45, 7) is 6.99. The molecule has 0 aromatic rings. The normalized spacial score (nSPS) is 37.6. The Morgan fingerprint density at radius 2 is 1.73 bits per heavy atom. The molecule has 0 bridgehead atoms. The number of carbonyl (C=O) groups is 1.